The number of likely N-dealkylation sites (tertiary alicyclic amines) is 1. The van der Waals surface area contributed by atoms with Crippen LogP contribution in [0.5, 0.6) is 0 Å². The third kappa shape index (κ3) is 3.62. The smallest absolute Gasteiger partial charge is 0.320 e. The molecule has 1 rings (SSSR count). The van der Waals surface area contributed by atoms with Crippen LogP contribution < -0.4 is 0 Å². The van der Waals surface area contributed by atoms with Crippen molar-refractivity contribution in [2.24, 2.45) is 11.8 Å². The second-order valence-corrected chi connectivity index (χ2v) is 5.50. The van der Waals surface area contributed by atoms with Gasteiger partial charge in [-0.15, -0.1) is 0 Å². The second-order valence-electron chi connectivity index (χ2n) is 5.50. The number of carboxylic acids is 1. The summed E-state index contributed by atoms with van der Waals surface area (Å²) in [6, 6.07) is -0.0582. The monoisotopic (exact) mass is 286 g/mol. The molecule has 2 unspecified atom stereocenters. The first-order valence-corrected chi connectivity index (χ1v) is 7.35. The fourth-order valence-corrected chi connectivity index (χ4v) is 2.90. The Labute approximate surface area is 120 Å². The number of nitrogens with zero attached hydrogens (tertiary/aromatic N) is 2. The van der Waals surface area contributed by atoms with Gasteiger partial charge in [0.25, 0.3) is 0 Å². The summed E-state index contributed by atoms with van der Waals surface area (Å²) in [4.78, 5) is 27.0. The normalized spacial score (nSPS) is 22.4. The molecule has 1 aliphatic rings. The van der Waals surface area contributed by atoms with Gasteiger partial charge in [-0.1, -0.05) is 20.8 Å². The van der Waals surface area contributed by atoms with Gasteiger partial charge >= 0.3 is 12.0 Å². The number of hydrogen-bond donors (Lipinski definition) is 2. The zero-order chi connectivity index (χ0) is 15.3. The van der Waals surface area contributed by atoms with Crippen molar-refractivity contribution in [3.05, 3.63) is 0 Å². The van der Waals surface area contributed by atoms with Crippen molar-refractivity contribution in [1.82, 2.24) is 9.80 Å². The molecule has 0 aliphatic carbocycles. The van der Waals surface area contributed by atoms with Crippen molar-refractivity contribution >= 4 is 12.0 Å². The molecule has 1 heterocycles. The van der Waals surface area contributed by atoms with Gasteiger partial charge in [-0.05, 0) is 18.8 Å². The maximum atomic E-state index is 12.6. The van der Waals surface area contributed by atoms with E-state index in [2.05, 4.69) is 0 Å². The van der Waals surface area contributed by atoms with Crippen LogP contribution in [0.2, 0.25) is 0 Å². The average molecular weight is 286 g/mol. The summed E-state index contributed by atoms with van der Waals surface area (Å²) in [6.45, 7) is 6.84. The Morgan fingerprint density at radius 2 is 1.90 bits per heavy atom. The van der Waals surface area contributed by atoms with E-state index >= 15 is 0 Å². The minimum absolute atomic E-state index is 0.0332. The van der Waals surface area contributed by atoms with Gasteiger partial charge in [0.05, 0.1) is 12.5 Å². The molecule has 0 aromatic heterocycles. The predicted octanol–water partition coefficient (Wildman–Crippen LogP) is 1.24. The van der Waals surface area contributed by atoms with Crippen molar-refractivity contribution in [2.45, 2.75) is 39.7 Å². The maximum absolute atomic E-state index is 12.6. The summed E-state index contributed by atoms with van der Waals surface area (Å²) in [5.74, 6) is -1.37. The SMILES string of the molecule is CCC(CC)N(CCO)C(=O)N1CC(C)C(C(=O)O)C1. The van der Waals surface area contributed by atoms with Gasteiger partial charge in [0.15, 0.2) is 0 Å². The highest BCUT2D eigenvalue weighted by atomic mass is 16.4. The van der Waals surface area contributed by atoms with Crippen molar-refractivity contribution in [3.8, 4) is 0 Å². The number of carbonyl (C=O) groups is 2. The maximum Gasteiger partial charge on any atom is 0.320 e. The summed E-state index contributed by atoms with van der Waals surface area (Å²) in [6.07, 6.45) is 1.65. The lowest BCUT2D eigenvalue weighted by Crippen LogP contribution is -2.48. The molecule has 0 saturated carbocycles. The molecular weight excluding hydrogens is 260 g/mol. The Balaban J connectivity index is 2.78. The number of urea groups is 1. The fourth-order valence-electron chi connectivity index (χ4n) is 2.90. The van der Waals surface area contributed by atoms with Crippen LogP contribution in [0.25, 0.3) is 0 Å². The van der Waals surface area contributed by atoms with Gasteiger partial charge in [0, 0.05) is 25.7 Å². The van der Waals surface area contributed by atoms with E-state index < -0.39 is 11.9 Å². The van der Waals surface area contributed by atoms with Gasteiger partial charge in [-0.3, -0.25) is 4.79 Å². The Bertz CT molecular complexity index is 344. The first-order chi connectivity index (χ1) is 9.46. The third-order valence-electron chi connectivity index (χ3n) is 4.17. The lowest BCUT2D eigenvalue weighted by Gasteiger charge is -2.33. The Kier molecular flexibility index (Phi) is 6.26. The van der Waals surface area contributed by atoms with E-state index in [-0.39, 0.29) is 31.1 Å². The van der Waals surface area contributed by atoms with Crippen LogP contribution in [-0.2, 0) is 4.79 Å². The number of aliphatic hydroxyl groups is 1. The van der Waals surface area contributed by atoms with Crippen molar-refractivity contribution < 1.29 is 19.8 Å². The molecule has 2 atom stereocenters. The van der Waals surface area contributed by atoms with Gasteiger partial charge < -0.3 is 20.0 Å². The molecular formula is C14H26N2O4. The van der Waals surface area contributed by atoms with Crippen LogP contribution in [-0.4, -0.2) is 64.3 Å². The average Bonchev–Trinajstić information content (AvgIpc) is 2.80. The van der Waals surface area contributed by atoms with E-state index in [1.54, 1.807) is 9.80 Å². The fraction of sp³-hybridized carbons (Fsp3) is 0.857. The molecule has 1 fully saturated rings. The quantitative estimate of drug-likeness (QED) is 0.770. The standard InChI is InChI=1S/C14H26N2O4/c1-4-11(5-2)16(6-7-17)14(20)15-8-10(3)12(9-15)13(18)19/h10-12,17H,4-9H2,1-3H3,(H,18,19). The molecule has 2 N–H and O–H groups in total. The lowest BCUT2D eigenvalue weighted by molar-refractivity contribution is -0.142. The molecule has 0 bridgehead atoms. The van der Waals surface area contributed by atoms with E-state index in [4.69, 9.17) is 10.2 Å². The second kappa shape index (κ2) is 7.47. The Hall–Kier alpha value is -1.30. The molecule has 1 saturated heterocycles. The number of aliphatic carboxylic acids is 1. The summed E-state index contributed by atoms with van der Waals surface area (Å²) in [7, 11) is 0. The minimum Gasteiger partial charge on any atom is -0.481 e. The van der Waals surface area contributed by atoms with E-state index in [0.29, 0.717) is 13.1 Å². The summed E-state index contributed by atoms with van der Waals surface area (Å²) in [5.41, 5.74) is 0. The van der Waals surface area contributed by atoms with Crippen LogP contribution in [0.15, 0.2) is 0 Å². The Morgan fingerprint density at radius 1 is 1.30 bits per heavy atom. The molecule has 0 aromatic rings. The number of aliphatic hydroxyl groups excluding tert-OH is 1. The highest BCUT2D eigenvalue weighted by Crippen LogP contribution is 2.25. The minimum atomic E-state index is -0.843. The van der Waals surface area contributed by atoms with Crippen LogP contribution in [0.4, 0.5) is 4.79 Å². The number of hydrogen-bond acceptors (Lipinski definition) is 3. The number of carboxylic acid groups (broad SMARTS) is 1. The van der Waals surface area contributed by atoms with Crippen molar-refractivity contribution in [2.75, 3.05) is 26.2 Å². The molecule has 0 radical (unpaired) electrons. The van der Waals surface area contributed by atoms with Crippen LogP contribution in [0, 0.1) is 11.8 Å². The molecule has 0 spiro atoms. The molecule has 6 nitrogen and oxygen atoms in total. The summed E-state index contributed by atoms with van der Waals surface area (Å²) < 4.78 is 0. The molecule has 2 amide bonds. The highest BCUT2D eigenvalue weighted by molar-refractivity contribution is 5.78. The molecule has 20 heavy (non-hydrogen) atoms. The van der Waals surface area contributed by atoms with E-state index in [1.165, 1.54) is 0 Å². The summed E-state index contributed by atoms with van der Waals surface area (Å²) >= 11 is 0. The first kappa shape index (κ1) is 16.8. The van der Waals surface area contributed by atoms with Crippen LogP contribution in [0.3, 0.4) is 0 Å². The summed E-state index contributed by atoms with van der Waals surface area (Å²) in [5, 5.41) is 18.3. The number of rotatable bonds is 6. The molecule has 1 aliphatic heterocycles. The van der Waals surface area contributed by atoms with E-state index in [1.807, 2.05) is 20.8 Å². The van der Waals surface area contributed by atoms with E-state index in [9.17, 15) is 9.59 Å². The zero-order valence-corrected chi connectivity index (χ0v) is 12.6. The van der Waals surface area contributed by atoms with Crippen LogP contribution >= 0.6 is 0 Å². The van der Waals surface area contributed by atoms with Gasteiger partial charge in [0.1, 0.15) is 0 Å². The Morgan fingerprint density at radius 3 is 2.30 bits per heavy atom. The zero-order valence-electron chi connectivity index (χ0n) is 12.6. The highest BCUT2D eigenvalue weighted by Gasteiger charge is 2.39. The molecule has 0 aromatic carbocycles. The van der Waals surface area contributed by atoms with Crippen molar-refractivity contribution in [1.29, 1.82) is 0 Å². The first-order valence-electron chi connectivity index (χ1n) is 7.35. The van der Waals surface area contributed by atoms with Crippen molar-refractivity contribution in [3.63, 3.8) is 0 Å². The number of amides is 2. The predicted molar refractivity (Wildman–Crippen MR) is 75.4 cm³/mol. The van der Waals surface area contributed by atoms with Gasteiger partial charge in [-0.2, -0.15) is 0 Å². The van der Waals surface area contributed by atoms with Gasteiger partial charge in [0.2, 0.25) is 0 Å². The third-order valence-corrected chi connectivity index (χ3v) is 4.17. The number of carbonyl (C=O) groups excluding carboxylic acids is 1. The van der Waals surface area contributed by atoms with Crippen LogP contribution in [0.1, 0.15) is 33.6 Å². The topological polar surface area (TPSA) is 81.1 Å². The van der Waals surface area contributed by atoms with E-state index in [0.717, 1.165) is 12.8 Å². The van der Waals surface area contributed by atoms with Gasteiger partial charge in [-0.25, -0.2) is 4.79 Å². The largest absolute Gasteiger partial charge is 0.481 e. The lowest BCUT2D eigenvalue weighted by atomic mass is 9.99. The molecule has 116 valence electrons. The molecule has 6 heteroatoms.